The van der Waals surface area contributed by atoms with E-state index in [4.69, 9.17) is 5.73 Å². The maximum absolute atomic E-state index is 10.7. The molecule has 0 spiro atoms. The summed E-state index contributed by atoms with van der Waals surface area (Å²) in [6.45, 7) is 0. The second kappa shape index (κ2) is 2.35. The van der Waals surface area contributed by atoms with Crippen LogP contribution in [0.2, 0.25) is 0 Å². The van der Waals surface area contributed by atoms with Gasteiger partial charge < -0.3 is 10.5 Å². The molecule has 1 saturated carbocycles. The zero-order valence-electron chi connectivity index (χ0n) is 5.46. The van der Waals surface area contributed by atoms with Crippen molar-refractivity contribution < 1.29 is 9.53 Å². The van der Waals surface area contributed by atoms with Crippen LogP contribution in [0.4, 0.5) is 0 Å². The van der Waals surface area contributed by atoms with Crippen molar-refractivity contribution >= 4 is 5.97 Å². The number of ether oxygens (including phenoxy) is 1. The van der Waals surface area contributed by atoms with Gasteiger partial charge in [0.2, 0.25) is 0 Å². The quantitative estimate of drug-likeness (QED) is 0.503. The molecule has 1 unspecified atom stereocenters. The fourth-order valence-electron chi connectivity index (χ4n) is 0.970. The smallest absolute Gasteiger partial charge is 0.310 e. The first-order chi connectivity index (χ1) is 4.25. The number of rotatable bonds is 1. The minimum Gasteiger partial charge on any atom is -0.469 e. The number of hydrogen-bond acceptors (Lipinski definition) is 3. The third-order valence-corrected chi connectivity index (χ3v) is 1.83. The predicted molar refractivity (Wildman–Crippen MR) is 32.7 cm³/mol. The van der Waals surface area contributed by atoms with Crippen molar-refractivity contribution in [2.24, 2.45) is 11.7 Å². The van der Waals surface area contributed by atoms with E-state index >= 15 is 0 Å². The summed E-state index contributed by atoms with van der Waals surface area (Å²) in [5, 5.41) is 0. The van der Waals surface area contributed by atoms with Gasteiger partial charge in [0.25, 0.3) is 0 Å². The summed E-state index contributed by atoms with van der Waals surface area (Å²) in [6.07, 6.45) is 1.85. The monoisotopic (exact) mass is 129 g/mol. The van der Waals surface area contributed by atoms with Crippen LogP contribution in [0.15, 0.2) is 0 Å². The van der Waals surface area contributed by atoms with E-state index in [0.717, 1.165) is 12.8 Å². The molecule has 1 aliphatic carbocycles. The van der Waals surface area contributed by atoms with E-state index in [0.29, 0.717) is 0 Å². The van der Waals surface area contributed by atoms with Gasteiger partial charge in [-0.15, -0.1) is 0 Å². The average molecular weight is 129 g/mol. The van der Waals surface area contributed by atoms with E-state index in [1.165, 1.54) is 7.11 Å². The molecular formula is C6H11NO2. The molecule has 1 aliphatic rings. The first-order valence-electron chi connectivity index (χ1n) is 3.09. The molecule has 0 aromatic heterocycles. The number of methoxy groups -OCH3 is 1. The fourth-order valence-corrected chi connectivity index (χ4v) is 0.970. The lowest BCUT2D eigenvalue weighted by Crippen LogP contribution is -2.44. The molecule has 0 bridgehead atoms. The lowest BCUT2D eigenvalue weighted by Gasteiger charge is -2.30. The Labute approximate surface area is 54.2 Å². The molecule has 1 rings (SSSR count). The zero-order valence-corrected chi connectivity index (χ0v) is 5.46. The molecule has 3 heteroatoms. The maximum Gasteiger partial charge on any atom is 0.310 e. The van der Waals surface area contributed by atoms with Gasteiger partial charge in [0.05, 0.1) is 13.0 Å². The molecular weight excluding hydrogens is 118 g/mol. The topological polar surface area (TPSA) is 52.3 Å². The lowest BCUT2D eigenvalue weighted by molar-refractivity contribution is -0.149. The van der Waals surface area contributed by atoms with Gasteiger partial charge in [0, 0.05) is 6.04 Å². The molecule has 1 fully saturated rings. The van der Waals surface area contributed by atoms with Crippen LogP contribution in [-0.4, -0.2) is 19.1 Å². The largest absolute Gasteiger partial charge is 0.469 e. The van der Waals surface area contributed by atoms with Crippen LogP contribution in [0, 0.1) is 5.92 Å². The Morgan fingerprint density at radius 1 is 1.67 bits per heavy atom. The van der Waals surface area contributed by atoms with Crippen LogP contribution in [0.3, 0.4) is 0 Å². The number of nitrogens with two attached hydrogens (primary N) is 1. The number of esters is 1. The van der Waals surface area contributed by atoms with Gasteiger partial charge >= 0.3 is 5.97 Å². The zero-order chi connectivity index (χ0) is 6.85. The fraction of sp³-hybridized carbons (Fsp3) is 0.833. The van der Waals surface area contributed by atoms with E-state index in [1.54, 1.807) is 0 Å². The summed E-state index contributed by atoms with van der Waals surface area (Å²) in [5.74, 6) is -0.177. The summed E-state index contributed by atoms with van der Waals surface area (Å²) in [4.78, 5) is 10.7. The van der Waals surface area contributed by atoms with E-state index in [1.807, 2.05) is 0 Å². The van der Waals surface area contributed by atoms with Crippen molar-refractivity contribution in [1.29, 1.82) is 0 Å². The van der Waals surface area contributed by atoms with Gasteiger partial charge in [-0.2, -0.15) is 0 Å². The Bertz CT molecular complexity index is 124. The van der Waals surface area contributed by atoms with Gasteiger partial charge in [0.15, 0.2) is 0 Å². The number of carbonyl (C=O) groups is 1. The molecule has 0 heterocycles. The van der Waals surface area contributed by atoms with Crippen LogP contribution >= 0.6 is 0 Å². The van der Waals surface area contributed by atoms with E-state index in [2.05, 4.69) is 4.74 Å². The van der Waals surface area contributed by atoms with Crippen LogP contribution in [0.1, 0.15) is 12.8 Å². The van der Waals surface area contributed by atoms with E-state index in [9.17, 15) is 4.79 Å². The number of hydrogen-bond donors (Lipinski definition) is 1. The Morgan fingerprint density at radius 3 is 2.44 bits per heavy atom. The molecule has 0 radical (unpaired) electrons. The SMILES string of the molecule is COC(=O)C1CC[C@H]1N. The van der Waals surface area contributed by atoms with Crippen molar-refractivity contribution in [2.75, 3.05) is 7.11 Å². The number of carbonyl (C=O) groups excluding carboxylic acids is 1. The van der Waals surface area contributed by atoms with Crippen LogP contribution in [0.5, 0.6) is 0 Å². The summed E-state index contributed by atoms with van der Waals surface area (Å²) in [6, 6.07) is 0.0532. The third kappa shape index (κ3) is 1.05. The van der Waals surface area contributed by atoms with Crippen molar-refractivity contribution in [3.8, 4) is 0 Å². The molecule has 2 atom stereocenters. The van der Waals surface area contributed by atoms with Crippen LogP contribution in [0.25, 0.3) is 0 Å². The van der Waals surface area contributed by atoms with Crippen molar-refractivity contribution in [1.82, 2.24) is 0 Å². The Hall–Kier alpha value is -0.570. The maximum atomic E-state index is 10.7. The summed E-state index contributed by atoms with van der Waals surface area (Å²) < 4.78 is 4.51. The molecule has 9 heavy (non-hydrogen) atoms. The van der Waals surface area contributed by atoms with Gasteiger partial charge in [-0.25, -0.2) is 0 Å². The minimum atomic E-state index is -0.159. The third-order valence-electron chi connectivity index (χ3n) is 1.83. The minimum absolute atomic E-state index is 0.0185. The predicted octanol–water partition coefficient (Wildman–Crippen LogP) is -0.103. The molecule has 2 N–H and O–H groups in total. The molecule has 0 aliphatic heterocycles. The summed E-state index contributed by atoms with van der Waals surface area (Å²) in [5.41, 5.74) is 5.50. The second-order valence-corrected chi connectivity index (χ2v) is 2.37. The highest BCUT2D eigenvalue weighted by Crippen LogP contribution is 2.25. The van der Waals surface area contributed by atoms with Crippen LogP contribution < -0.4 is 5.73 Å². The Morgan fingerprint density at radius 2 is 2.33 bits per heavy atom. The summed E-state index contributed by atoms with van der Waals surface area (Å²) in [7, 11) is 1.40. The average Bonchev–Trinajstić information content (AvgIpc) is 1.84. The Balaban J connectivity index is 2.35. The van der Waals surface area contributed by atoms with Gasteiger partial charge in [-0.3, -0.25) is 4.79 Å². The van der Waals surface area contributed by atoms with Gasteiger partial charge in [-0.05, 0) is 12.8 Å². The first kappa shape index (κ1) is 6.55. The van der Waals surface area contributed by atoms with Crippen molar-refractivity contribution in [3.05, 3.63) is 0 Å². The van der Waals surface area contributed by atoms with Crippen LogP contribution in [-0.2, 0) is 9.53 Å². The van der Waals surface area contributed by atoms with Crippen molar-refractivity contribution in [3.63, 3.8) is 0 Å². The van der Waals surface area contributed by atoms with E-state index in [-0.39, 0.29) is 17.9 Å². The highest BCUT2D eigenvalue weighted by Gasteiger charge is 2.34. The lowest BCUT2D eigenvalue weighted by atomic mass is 9.80. The van der Waals surface area contributed by atoms with Gasteiger partial charge in [0.1, 0.15) is 0 Å². The second-order valence-electron chi connectivity index (χ2n) is 2.37. The Kier molecular flexibility index (Phi) is 1.71. The molecule has 0 saturated heterocycles. The standard InChI is InChI=1S/C6H11NO2/c1-9-6(8)4-2-3-5(4)7/h4-5H,2-3,7H2,1H3/t4?,5-/m1/s1. The molecule has 3 nitrogen and oxygen atoms in total. The summed E-state index contributed by atoms with van der Waals surface area (Å²) >= 11 is 0. The van der Waals surface area contributed by atoms with Gasteiger partial charge in [-0.1, -0.05) is 0 Å². The normalized spacial score (nSPS) is 33.1. The molecule has 0 aromatic rings. The highest BCUT2D eigenvalue weighted by molar-refractivity contribution is 5.74. The molecule has 0 amide bonds. The van der Waals surface area contributed by atoms with E-state index < -0.39 is 0 Å². The highest BCUT2D eigenvalue weighted by atomic mass is 16.5. The first-order valence-corrected chi connectivity index (χ1v) is 3.09. The van der Waals surface area contributed by atoms with Crippen molar-refractivity contribution in [2.45, 2.75) is 18.9 Å². The molecule has 0 aromatic carbocycles. The molecule has 52 valence electrons.